The fourth-order valence-corrected chi connectivity index (χ4v) is 3.72. The Bertz CT molecular complexity index is 635. The van der Waals surface area contributed by atoms with Gasteiger partial charge in [0.1, 0.15) is 0 Å². The molecule has 1 amide bonds. The fraction of sp³-hybridized carbons (Fsp3) is 0.533. The maximum Gasteiger partial charge on any atom is 0.253 e. The molecule has 22 heavy (non-hydrogen) atoms. The molecule has 2 rings (SSSR count). The van der Waals surface area contributed by atoms with E-state index in [1.54, 1.807) is 30.9 Å². The molecule has 1 aromatic rings. The molecular formula is C15H22N2O4S. The number of carbonyl (C=O) groups is 1. The number of aliphatic hydroxyl groups is 1. The van der Waals surface area contributed by atoms with Gasteiger partial charge in [-0.15, -0.1) is 0 Å². The Morgan fingerprint density at radius 1 is 1.32 bits per heavy atom. The van der Waals surface area contributed by atoms with E-state index in [0.29, 0.717) is 31.5 Å². The van der Waals surface area contributed by atoms with Crippen LogP contribution in [0.4, 0.5) is 0 Å². The lowest BCUT2D eigenvalue weighted by molar-refractivity contribution is 0.0546. The lowest BCUT2D eigenvalue weighted by atomic mass is 10.1. The molecule has 0 spiro atoms. The van der Waals surface area contributed by atoms with Gasteiger partial charge in [0.2, 0.25) is 10.0 Å². The molecule has 122 valence electrons. The molecular weight excluding hydrogens is 304 g/mol. The second-order valence-electron chi connectivity index (χ2n) is 5.83. The summed E-state index contributed by atoms with van der Waals surface area (Å²) in [4.78, 5) is 14.2. The fourth-order valence-electron chi connectivity index (χ4n) is 2.43. The first-order chi connectivity index (χ1) is 10.3. The molecule has 1 heterocycles. The van der Waals surface area contributed by atoms with Gasteiger partial charge in [-0.2, -0.15) is 0 Å². The Kier molecular flexibility index (Phi) is 5.20. The van der Waals surface area contributed by atoms with Gasteiger partial charge >= 0.3 is 0 Å². The Morgan fingerprint density at radius 2 is 1.95 bits per heavy atom. The molecule has 2 N–H and O–H groups in total. The molecule has 1 aliphatic heterocycles. The first-order valence-electron chi connectivity index (χ1n) is 7.39. The number of nitrogens with one attached hydrogen (secondary N) is 1. The zero-order valence-corrected chi connectivity index (χ0v) is 13.6. The van der Waals surface area contributed by atoms with Crippen molar-refractivity contribution in [2.75, 3.05) is 13.1 Å². The minimum Gasteiger partial charge on any atom is -0.393 e. The van der Waals surface area contributed by atoms with Gasteiger partial charge < -0.3 is 10.0 Å². The van der Waals surface area contributed by atoms with Crippen LogP contribution < -0.4 is 4.72 Å². The molecule has 1 saturated heterocycles. The molecule has 1 aliphatic rings. The number of hydrogen-bond donors (Lipinski definition) is 2. The van der Waals surface area contributed by atoms with E-state index in [4.69, 9.17) is 0 Å². The van der Waals surface area contributed by atoms with Crippen LogP contribution >= 0.6 is 0 Å². The van der Waals surface area contributed by atoms with Gasteiger partial charge in [0.05, 0.1) is 11.0 Å². The highest BCUT2D eigenvalue weighted by atomic mass is 32.2. The van der Waals surface area contributed by atoms with Crippen LogP contribution in [0.1, 0.15) is 37.0 Å². The van der Waals surface area contributed by atoms with Crippen LogP contribution in [0.2, 0.25) is 0 Å². The van der Waals surface area contributed by atoms with Gasteiger partial charge in [0, 0.05) is 24.7 Å². The van der Waals surface area contributed by atoms with Crippen LogP contribution in [0.3, 0.4) is 0 Å². The number of piperidine rings is 1. The highest BCUT2D eigenvalue weighted by Gasteiger charge is 2.23. The summed E-state index contributed by atoms with van der Waals surface area (Å²) in [5, 5.41) is 9.49. The first-order valence-corrected chi connectivity index (χ1v) is 8.87. The largest absolute Gasteiger partial charge is 0.393 e. The van der Waals surface area contributed by atoms with Crippen molar-refractivity contribution in [2.24, 2.45) is 0 Å². The molecule has 0 unspecified atom stereocenters. The van der Waals surface area contributed by atoms with E-state index in [1.807, 2.05) is 0 Å². The monoisotopic (exact) mass is 326 g/mol. The number of hydrogen-bond acceptors (Lipinski definition) is 4. The van der Waals surface area contributed by atoms with Crippen LogP contribution in [0, 0.1) is 0 Å². The molecule has 7 heteroatoms. The number of aliphatic hydroxyl groups excluding tert-OH is 1. The number of sulfonamides is 1. The number of amides is 1. The number of nitrogens with zero attached hydrogens (tertiary/aromatic N) is 1. The number of benzene rings is 1. The predicted octanol–water partition coefficient (Wildman–Crippen LogP) is 0.970. The second kappa shape index (κ2) is 6.76. The lowest BCUT2D eigenvalue weighted by Crippen LogP contribution is -2.40. The Labute approximate surface area is 131 Å². The summed E-state index contributed by atoms with van der Waals surface area (Å²) in [7, 11) is -3.62. The Hall–Kier alpha value is -1.44. The van der Waals surface area contributed by atoms with Crippen molar-refractivity contribution < 1.29 is 18.3 Å². The van der Waals surface area contributed by atoms with Gasteiger partial charge in [-0.3, -0.25) is 4.79 Å². The maximum atomic E-state index is 12.4. The molecule has 6 nitrogen and oxygen atoms in total. The SMILES string of the molecule is CC(C)NS(=O)(=O)c1cccc(C(=O)N2CCC(O)CC2)c1. The molecule has 0 aliphatic carbocycles. The minimum atomic E-state index is -3.62. The lowest BCUT2D eigenvalue weighted by Gasteiger charge is -2.29. The highest BCUT2D eigenvalue weighted by Crippen LogP contribution is 2.17. The van der Waals surface area contributed by atoms with Crippen LogP contribution in [0.15, 0.2) is 29.2 Å². The van der Waals surface area contributed by atoms with Crippen molar-refractivity contribution in [1.82, 2.24) is 9.62 Å². The van der Waals surface area contributed by atoms with E-state index in [2.05, 4.69) is 4.72 Å². The molecule has 1 aromatic carbocycles. The maximum absolute atomic E-state index is 12.4. The summed E-state index contributed by atoms with van der Waals surface area (Å²) in [6.45, 7) is 4.46. The van der Waals surface area contributed by atoms with Gasteiger partial charge in [-0.1, -0.05) is 6.07 Å². The summed E-state index contributed by atoms with van der Waals surface area (Å²) >= 11 is 0. The summed E-state index contributed by atoms with van der Waals surface area (Å²) in [5.74, 6) is -0.200. The van der Waals surface area contributed by atoms with Crippen LogP contribution in [0.5, 0.6) is 0 Å². The topological polar surface area (TPSA) is 86.7 Å². The summed E-state index contributed by atoms with van der Waals surface area (Å²) < 4.78 is 26.8. The normalized spacial score (nSPS) is 17.0. The average Bonchev–Trinajstić information content (AvgIpc) is 2.46. The first kappa shape index (κ1) is 16.9. The second-order valence-corrected chi connectivity index (χ2v) is 7.54. The number of carbonyl (C=O) groups excluding carboxylic acids is 1. The number of rotatable bonds is 4. The van der Waals surface area contributed by atoms with Gasteiger partial charge in [-0.25, -0.2) is 13.1 Å². The van der Waals surface area contributed by atoms with Crippen LogP contribution in [-0.4, -0.2) is 49.6 Å². The molecule has 1 fully saturated rings. The predicted molar refractivity (Wildman–Crippen MR) is 83.0 cm³/mol. The van der Waals surface area contributed by atoms with Crippen molar-refractivity contribution in [1.29, 1.82) is 0 Å². The third-order valence-corrected chi connectivity index (χ3v) is 5.19. The van der Waals surface area contributed by atoms with E-state index < -0.39 is 10.0 Å². The Morgan fingerprint density at radius 3 is 2.55 bits per heavy atom. The van der Waals surface area contributed by atoms with Crippen LogP contribution in [0.25, 0.3) is 0 Å². The molecule has 0 radical (unpaired) electrons. The molecule has 0 atom stereocenters. The van der Waals surface area contributed by atoms with Gasteiger partial charge in [-0.05, 0) is 44.9 Å². The third-order valence-electron chi connectivity index (χ3n) is 3.53. The van der Waals surface area contributed by atoms with Crippen LogP contribution in [-0.2, 0) is 10.0 Å². The number of likely N-dealkylation sites (tertiary alicyclic amines) is 1. The van der Waals surface area contributed by atoms with E-state index in [0.717, 1.165) is 0 Å². The van der Waals surface area contributed by atoms with Gasteiger partial charge in [0.25, 0.3) is 5.91 Å². The van der Waals surface area contributed by atoms with E-state index in [9.17, 15) is 18.3 Å². The summed E-state index contributed by atoms with van der Waals surface area (Å²) in [5.41, 5.74) is 0.350. The molecule has 0 bridgehead atoms. The third kappa shape index (κ3) is 4.06. The van der Waals surface area contributed by atoms with Crippen molar-refractivity contribution in [3.63, 3.8) is 0 Å². The average molecular weight is 326 g/mol. The highest BCUT2D eigenvalue weighted by molar-refractivity contribution is 7.89. The zero-order chi connectivity index (χ0) is 16.3. The van der Waals surface area contributed by atoms with E-state index >= 15 is 0 Å². The van der Waals surface area contributed by atoms with Crippen molar-refractivity contribution in [3.8, 4) is 0 Å². The van der Waals surface area contributed by atoms with Gasteiger partial charge in [0.15, 0.2) is 0 Å². The van der Waals surface area contributed by atoms with Crippen molar-refractivity contribution in [3.05, 3.63) is 29.8 Å². The quantitative estimate of drug-likeness (QED) is 0.863. The van der Waals surface area contributed by atoms with E-state index in [-0.39, 0.29) is 22.9 Å². The van der Waals surface area contributed by atoms with Crippen molar-refractivity contribution in [2.45, 2.75) is 43.7 Å². The Balaban J connectivity index is 2.19. The van der Waals surface area contributed by atoms with Crippen molar-refractivity contribution >= 4 is 15.9 Å². The van der Waals surface area contributed by atoms with E-state index in [1.165, 1.54) is 12.1 Å². The summed E-state index contributed by atoms with van der Waals surface area (Å²) in [6.07, 6.45) is 0.753. The molecule has 0 saturated carbocycles. The molecule has 0 aromatic heterocycles. The minimum absolute atomic E-state index is 0.0871. The standard InChI is InChI=1S/C15H22N2O4S/c1-11(2)16-22(20,21)14-5-3-4-12(10-14)15(19)17-8-6-13(18)7-9-17/h3-5,10-11,13,16,18H,6-9H2,1-2H3. The smallest absolute Gasteiger partial charge is 0.253 e. The zero-order valence-electron chi connectivity index (χ0n) is 12.8. The summed E-state index contributed by atoms with van der Waals surface area (Å²) in [6, 6.07) is 5.84.